The summed E-state index contributed by atoms with van der Waals surface area (Å²) in [6.45, 7) is 1.20. The number of anilines is 1. The molecule has 1 N–H and O–H groups in total. The maximum absolute atomic E-state index is 13.1. The average Bonchev–Trinajstić information content (AvgIpc) is 3.35. The van der Waals surface area contributed by atoms with Crippen LogP contribution >= 0.6 is 58.8 Å². The maximum atomic E-state index is 13.1. The second-order valence-corrected chi connectivity index (χ2v) is 10.2. The van der Waals surface area contributed by atoms with Gasteiger partial charge in [-0.15, -0.1) is 12.4 Å². The summed E-state index contributed by atoms with van der Waals surface area (Å²) in [5, 5.41) is 4.44. The fraction of sp³-hybridized carbons (Fsp3) is 0.222. The lowest BCUT2D eigenvalue weighted by Crippen LogP contribution is -2.36. The molecule has 1 heterocycles. The van der Waals surface area contributed by atoms with E-state index in [-0.39, 0.29) is 37.2 Å². The molecule has 1 aliphatic rings. The average molecular weight is 620 g/mol. The van der Waals surface area contributed by atoms with Crippen LogP contribution in [0.2, 0.25) is 15.1 Å². The molecule has 0 spiro atoms. The van der Waals surface area contributed by atoms with Crippen molar-refractivity contribution < 1.29 is 13.9 Å². The van der Waals surface area contributed by atoms with E-state index in [1.165, 1.54) is 24.3 Å². The molecule has 0 fully saturated rings. The largest absolute Gasteiger partial charge is 0.365 e. The van der Waals surface area contributed by atoms with Gasteiger partial charge in [-0.2, -0.15) is 0 Å². The van der Waals surface area contributed by atoms with Crippen LogP contribution in [0.4, 0.5) is 10.1 Å². The second-order valence-electron chi connectivity index (χ2n) is 8.46. The Balaban J connectivity index is 0.00000400. The number of hydrogen-bond donors (Lipinski definition) is 1. The van der Waals surface area contributed by atoms with Crippen molar-refractivity contribution in [3.8, 4) is 0 Å². The molecule has 0 bridgehead atoms. The van der Waals surface area contributed by atoms with Crippen molar-refractivity contribution in [1.82, 2.24) is 9.80 Å². The highest BCUT2D eigenvalue weighted by Crippen LogP contribution is 2.33. The molecule has 0 aliphatic carbocycles. The van der Waals surface area contributed by atoms with Crippen LogP contribution in [0.3, 0.4) is 0 Å². The van der Waals surface area contributed by atoms with Crippen molar-refractivity contribution in [3.05, 3.63) is 111 Å². The number of halogens is 6. The van der Waals surface area contributed by atoms with Gasteiger partial charge in [-0.3, -0.25) is 4.79 Å². The Labute approximate surface area is 247 Å². The van der Waals surface area contributed by atoms with E-state index in [0.29, 0.717) is 34.0 Å². The first-order valence-corrected chi connectivity index (χ1v) is 13.0. The Kier molecular flexibility index (Phi) is 11.4. The minimum Gasteiger partial charge on any atom is -0.365 e. The van der Waals surface area contributed by atoms with Crippen molar-refractivity contribution in [2.75, 3.05) is 18.5 Å². The lowest BCUT2D eigenvalue weighted by Gasteiger charge is -2.31. The molecule has 4 rings (SSSR count). The predicted octanol–water partition coefficient (Wildman–Crippen LogP) is 8.11. The van der Waals surface area contributed by atoms with Gasteiger partial charge >= 0.3 is 0 Å². The molecule has 2 unspecified atom stereocenters. The minimum atomic E-state index is -0.554. The fourth-order valence-corrected chi connectivity index (χ4v) is 4.70. The third kappa shape index (κ3) is 8.40. The van der Waals surface area contributed by atoms with Gasteiger partial charge in [-0.1, -0.05) is 64.6 Å². The van der Waals surface area contributed by atoms with Gasteiger partial charge in [-0.25, -0.2) is 4.39 Å². The molecule has 2 atom stereocenters. The molecule has 0 saturated carbocycles. The number of carbonyl (C=O) groups excluding carboxylic acids is 1. The standard InChI is InChI=1S/C27H24Cl4FN3O2.ClH/c28-20-4-1-18(2-5-20)26(37-16-19-3-6-21(29)15-24(19)30)27(31)35-14-13-34(17-35)12-11-25(36)33-23-9-7-22(32)8-10-23;/h1-10,13-15,26-27H,11-12,16-17H2,(H,33,36);1H. The molecule has 3 aromatic carbocycles. The quantitative estimate of drug-likeness (QED) is 0.184. The smallest absolute Gasteiger partial charge is 0.226 e. The summed E-state index contributed by atoms with van der Waals surface area (Å²) in [5.41, 5.74) is 1.65. The molecule has 0 aromatic heterocycles. The number of carbonyl (C=O) groups is 1. The first kappa shape index (κ1) is 30.4. The van der Waals surface area contributed by atoms with E-state index >= 15 is 0 Å². The lowest BCUT2D eigenvalue weighted by atomic mass is 10.1. The number of ether oxygens (including phenoxy) is 1. The van der Waals surface area contributed by atoms with Gasteiger partial charge in [0, 0.05) is 46.1 Å². The van der Waals surface area contributed by atoms with Crippen LogP contribution in [-0.2, 0) is 16.1 Å². The van der Waals surface area contributed by atoms with Crippen molar-refractivity contribution in [3.63, 3.8) is 0 Å². The van der Waals surface area contributed by atoms with Crippen LogP contribution in [-0.4, -0.2) is 34.4 Å². The highest BCUT2D eigenvalue weighted by Gasteiger charge is 2.29. The van der Waals surface area contributed by atoms with Gasteiger partial charge < -0.3 is 19.9 Å². The summed E-state index contributed by atoms with van der Waals surface area (Å²) in [4.78, 5) is 16.2. The third-order valence-electron chi connectivity index (χ3n) is 5.77. The van der Waals surface area contributed by atoms with Gasteiger partial charge in [0.1, 0.15) is 17.4 Å². The molecular weight excluding hydrogens is 595 g/mol. The van der Waals surface area contributed by atoms with Crippen molar-refractivity contribution in [2.45, 2.75) is 24.6 Å². The van der Waals surface area contributed by atoms with Crippen LogP contribution in [0.1, 0.15) is 23.7 Å². The van der Waals surface area contributed by atoms with E-state index in [1.54, 1.807) is 24.3 Å². The summed E-state index contributed by atoms with van der Waals surface area (Å²) >= 11 is 25.4. The van der Waals surface area contributed by atoms with E-state index in [2.05, 4.69) is 5.32 Å². The first-order valence-electron chi connectivity index (χ1n) is 11.5. The van der Waals surface area contributed by atoms with Crippen LogP contribution < -0.4 is 5.32 Å². The van der Waals surface area contributed by atoms with Gasteiger partial charge in [0.2, 0.25) is 5.91 Å². The number of nitrogens with zero attached hydrogens (tertiary/aromatic N) is 2. The van der Waals surface area contributed by atoms with Crippen LogP contribution in [0.15, 0.2) is 79.1 Å². The summed E-state index contributed by atoms with van der Waals surface area (Å²) < 4.78 is 19.3. The van der Waals surface area contributed by atoms with Gasteiger partial charge in [0.15, 0.2) is 0 Å². The van der Waals surface area contributed by atoms with Crippen LogP contribution in [0.25, 0.3) is 0 Å². The minimum absolute atomic E-state index is 0. The van der Waals surface area contributed by atoms with E-state index in [0.717, 1.165) is 11.1 Å². The Morgan fingerprint density at radius 2 is 1.66 bits per heavy atom. The van der Waals surface area contributed by atoms with E-state index in [4.69, 9.17) is 51.1 Å². The molecule has 5 nitrogen and oxygen atoms in total. The summed E-state index contributed by atoms with van der Waals surface area (Å²) in [6.07, 6.45) is 3.51. The predicted molar refractivity (Wildman–Crippen MR) is 155 cm³/mol. The van der Waals surface area contributed by atoms with Crippen LogP contribution in [0, 0.1) is 5.82 Å². The van der Waals surface area contributed by atoms with Crippen molar-refractivity contribution >= 4 is 70.4 Å². The Bertz CT molecular complexity index is 1240. The zero-order valence-electron chi connectivity index (χ0n) is 20.0. The number of amides is 1. The number of hydrogen-bond acceptors (Lipinski definition) is 4. The summed E-state index contributed by atoms with van der Waals surface area (Å²) in [7, 11) is 0. The molecule has 0 saturated heterocycles. The lowest BCUT2D eigenvalue weighted by molar-refractivity contribution is -0.116. The Morgan fingerprint density at radius 3 is 2.34 bits per heavy atom. The number of nitrogens with one attached hydrogen (secondary N) is 1. The van der Waals surface area contributed by atoms with Gasteiger partial charge in [0.05, 0.1) is 13.3 Å². The molecule has 1 amide bonds. The zero-order chi connectivity index (χ0) is 26.4. The normalized spacial score (nSPS) is 14.2. The van der Waals surface area contributed by atoms with E-state index < -0.39 is 11.6 Å². The van der Waals surface area contributed by atoms with Crippen molar-refractivity contribution in [1.29, 1.82) is 0 Å². The second kappa shape index (κ2) is 14.3. The molecular formula is C27H25Cl5FN3O2. The molecule has 0 radical (unpaired) electrons. The Morgan fingerprint density at radius 1 is 0.974 bits per heavy atom. The van der Waals surface area contributed by atoms with Crippen molar-refractivity contribution in [2.24, 2.45) is 0 Å². The van der Waals surface area contributed by atoms with Gasteiger partial charge in [-0.05, 0) is 59.7 Å². The first-order chi connectivity index (χ1) is 17.8. The fourth-order valence-electron chi connectivity index (χ4n) is 3.77. The highest BCUT2D eigenvalue weighted by molar-refractivity contribution is 6.35. The SMILES string of the molecule is Cl.O=C(CCN1C=CN(C(Cl)C(OCc2ccc(Cl)cc2Cl)c2ccc(Cl)cc2)C1)Nc1ccc(F)cc1. The molecule has 38 heavy (non-hydrogen) atoms. The topological polar surface area (TPSA) is 44.8 Å². The Hall–Kier alpha value is -2.19. The third-order valence-corrected chi connectivity index (χ3v) is 7.09. The number of alkyl halides is 1. The molecule has 3 aromatic rings. The van der Waals surface area contributed by atoms with E-state index in [9.17, 15) is 9.18 Å². The molecule has 11 heteroatoms. The monoisotopic (exact) mass is 617 g/mol. The molecule has 1 aliphatic heterocycles. The van der Waals surface area contributed by atoms with Gasteiger partial charge in [0.25, 0.3) is 0 Å². The van der Waals surface area contributed by atoms with E-state index in [1.807, 2.05) is 40.4 Å². The highest BCUT2D eigenvalue weighted by atomic mass is 35.5. The summed E-state index contributed by atoms with van der Waals surface area (Å²) in [5.74, 6) is -0.517. The van der Waals surface area contributed by atoms with Crippen LogP contribution in [0.5, 0.6) is 0 Å². The number of rotatable bonds is 10. The number of benzene rings is 3. The zero-order valence-corrected chi connectivity index (χ0v) is 23.8. The molecule has 202 valence electrons. The summed E-state index contributed by atoms with van der Waals surface area (Å²) in [6, 6.07) is 18.2. The maximum Gasteiger partial charge on any atom is 0.226 e.